The van der Waals surface area contributed by atoms with Gasteiger partial charge in [0.2, 0.25) is 0 Å². The summed E-state index contributed by atoms with van der Waals surface area (Å²) in [7, 11) is 1.89. The van der Waals surface area contributed by atoms with Crippen LogP contribution in [-0.2, 0) is 7.05 Å². The molecule has 136 valence electrons. The Morgan fingerprint density at radius 1 is 1.28 bits per heavy atom. The maximum absolute atomic E-state index is 12.9. The number of halogens is 1. The standard InChI is InChI=1S/C19H26N4O.ClH/c1-13(2)18-9-17(21-22(18)3)19(24)23-11-15(10-20)16(12-23)14-7-5-4-6-8-14;/h4-9,13,15-16H,10-12,20H2,1-3H3;1H/t15-,16+;/m1./s1. The molecule has 1 saturated heterocycles. The van der Waals surface area contributed by atoms with Gasteiger partial charge in [0, 0.05) is 31.7 Å². The molecule has 2 heterocycles. The highest BCUT2D eigenvalue weighted by Gasteiger charge is 2.36. The summed E-state index contributed by atoms with van der Waals surface area (Å²) in [6.45, 7) is 6.21. The van der Waals surface area contributed by atoms with Crippen LogP contribution in [0.2, 0.25) is 0 Å². The van der Waals surface area contributed by atoms with Crippen LogP contribution in [0.3, 0.4) is 0 Å². The second kappa shape index (κ2) is 8.02. The maximum Gasteiger partial charge on any atom is 0.274 e. The minimum atomic E-state index is 0. The fourth-order valence-electron chi connectivity index (χ4n) is 3.64. The van der Waals surface area contributed by atoms with E-state index in [1.54, 1.807) is 0 Å². The summed E-state index contributed by atoms with van der Waals surface area (Å²) in [5.74, 6) is 0.948. The maximum atomic E-state index is 12.9. The Morgan fingerprint density at radius 2 is 1.96 bits per heavy atom. The Bertz CT molecular complexity index is 713. The number of hydrogen-bond acceptors (Lipinski definition) is 3. The molecule has 2 N–H and O–H groups in total. The molecule has 25 heavy (non-hydrogen) atoms. The van der Waals surface area contributed by atoms with E-state index in [9.17, 15) is 4.79 Å². The van der Waals surface area contributed by atoms with Gasteiger partial charge in [0.05, 0.1) is 0 Å². The highest BCUT2D eigenvalue weighted by molar-refractivity contribution is 5.92. The Morgan fingerprint density at radius 3 is 2.52 bits per heavy atom. The molecule has 1 aliphatic rings. The molecule has 1 aromatic carbocycles. The second-order valence-electron chi connectivity index (χ2n) is 6.96. The van der Waals surface area contributed by atoms with Gasteiger partial charge in [0.1, 0.15) is 0 Å². The summed E-state index contributed by atoms with van der Waals surface area (Å²) in [6, 6.07) is 12.3. The molecular formula is C19H27ClN4O. The van der Waals surface area contributed by atoms with Crippen LogP contribution in [0, 0.1) is 5.92 Å². The van der Waals surface area contributed by atoms with Gasteiger partial charge in [-0.3, -0.25) is 9.48 Å². The van der Waals surface area contributed by atoms with Crippen molar-refractivity contribution in [3.05, 3.63) is 53.3 Å². The van der Waals surface area contributed by atoms with Gasteiger partial charge < -0.3 is 10.6 Å². The minimum absolute atomic E-state index is 0. The Hall–Kier alpha value is -1.85. The average Bonchev–Trinajstić information content (AvgIpc) is 3.18. The molecule has 3 rings (SSSR count). The number of nitrogens with zero attached hydrogens (tertiary/aromatic N) is 3. The number of aromatic nitrogens is 2. The number of nitrogens with two attached hydrogens (primary N) is 1. The molecule has 0 unspecified atom stereocenters. The van der Waals surface area contributed by atoms with Crippen LogP contribution in [0.5, 0.6) is 0 Å². The largest absolute Gasteiger partial charge is 0.336 e. The molecule has 5 nitrogen and oxygen atoms in total. The van der Waals surface area contributed by atoms with Gasteiger partial charge in [-0.25, -0.2) is 0 Å². The molecule has 2 aromatic rings. The van der Waals surface area contributed by atoms with Crippen LogP contribution >= 0.6 is 12.4 Å². The Balaban J connectivity index is 0.00000225. The minimum Gasteiger partial charge on any atom is -0.336 e. The van der Waals surface area contributed by atoms with Gasteiger partial charge in [-0.15, -0.1) is 12.4 Å². The predicted octanol–water partition coefficient (Wildman–Crippen LogP) is 2.78. The first-order valence-corrected chi connectivity index (χ1v) is 8.59. The monoisotopic (exact) mass is 362 g/mol. The third-order valence-corrected chi connectivity index (χ3v) is 4.99. The van der Waals surface area contributed by atoms with Crippen molar-refractivity contribution in [3.8, 4) is 0 Å². The van der Waals surface area contributed by atoms with E-state index in [4.69, 9.17) is 5.73 Å². The summed E-state index contributed by atoms with van der Waals surface area (Å²) >= 11 is 0. The van der Waals surface area contributed by atoms with E-state index < -0.39 is 0 Å². The fraction of sp³-hybridized carbons (Fsp3) is 0.474. The average molecular weight is 363 g/mol. The van der Waals surface area contributed by atoms with Crippen LogP contribution in [0.4, 0.5) is 0 Å². The number of amides is 1. The molecule has 0 spiro atoms. The van der Waals surface area contributed by atoms with Crippen molar-refractivity contribution >= 4 is 18.3 Å². The van der Waals surface area contributed by atoms with E-state index in [-0.39, 0.29) is 18.3 Å². The number of likely N-dealkylation sites (tertiary alicyclic amines) is 1. The van der Waals surface area contributed by atoms with Gasteiger partial charge in [-0.2, -0.15) is 5.10 Å². The van der Waals surface area contributed by atoms with Gasteiger partial charge in [-0.05, 0) is 30.0 Å². The topological polar surface area (TPSA) is 64.2 Å². The highest BCUT2D eigenvalue weighted by atomic mass is 35.5. The van der Waals surface area contributed by atoms with Crippen LogP contribution < -0.4 is 5.73 Å². The van der Waals surface area contributed by atoms with Crippen LogP contribution in [0.15, 0.2) is 36.4 Å². The summed E-state index contributed by atoms with van der Waals surface area (Å²) in [6.07, 6.45) is 0. The molecule has 0 saturated carbocycles. The second-order valence-corrected chi connectivity index (χ2v) is 6.96. The first-order valence-electron chi connectivity index (χ1n) is 8.59. The zero-order valence-electron chi connectivity index (χ0n) is 15.1. The van der Waals surface area contributed by atoms with Crippen molar-refractivity contribution in [3.63, 3.8) is 0 Å². The van der Waals surface area contributed by atoms with Crippen molar-refractivity contribution in [1.29, 1.82) is 0 Å². The van der Waals surface area contributed by atoms with E-state index in [0.29, 0.717) is 43.1 Å². The quantitative estimate of drug-likeness (QED) is 0.909. The lowest BCUT2D eigenvalue weighted by molar-refractivity contribution is 0.0780. The summed E-state index contributed by atoms with van der Waals surface area (Å²) in [5, 5.41) is 4.42. The van der Waals surface area contributed by atoms with E-state index in [1.807, 2.05) is 40.9 Å². The van der Waals surface area contributed by atoms with Gasteiger partial charge in [-0.1, -0.05) is 44.2 Å². The van der Waals surface area contributed by atoms with E-state index in [0.717, 1.165) is 5.69 Å². The number of carbonyl (C=O) groups excluding carboxylic acids is 1. The van der Waals surface area contributed by atoms with Gasteiger partial charge >= 0.3 is 0 Å². The lowest BCUT2D eigenvalue weighted by atomic mass is 9.89. The molecule has 1 amide bonds. The van der Waals surface area contributed by atoms with Crippen LogP contribution in [0.25, 0.3) is 0 Å². The molecule has 1 fully saturated rings. The number of hydrogen-bond donors (Lipinski definition) is 1. The lowest BCUT2D eigenvalue weighted by Crippen LogP contribution is -2.30. The SMILES string of the molecule is CC(C)c1cc(C(=O)N2C[C@@H](CN)[C@H](c3ccccc3)C2)nn1C.Cl. The van der Waals surface area contributed by atoms with Crippen molar-refractivity contribution in [2.75, 3.05) is 19.6 Å². The third-order valence-electron chi connectivity index (χ3n) is 4.99. The first-order chi connectivity index (χ1) is 11.5. The molecule has 0 aliphatic carbocycles. The summed E-state index contributed by atoms with van der Waals surface area (Å²) in [5.41, 5.74) is 8.84. The third kappa shape index (κ3) is 3.88. The summed E-state index contributed by atoms with van der Waals surface area (Å²) < 4.78 is 1.81. The van der Waals surface area contributed by atoms with Crippen LogP contribution in [0.1, 0.15) is 47.4 Å². The molecular weight excluding hydrogens is 336 g/mol. The normalized spacial score (nSPS) is 20.0. The number of benzene rings is 1. The summed E-state index contributed by atoms with van der Waals surface area (Å²) in [4.78, 5) is 14.8. The zero-order chi connectivity index (χ0) is 17.3. The van der Waals surface area contributed by atoms with E-state index >= 15 is 0 Å². The van der Waals surface area contributed by atoms with Crippen molar-refractivity contribution in [2.45, 2.75) is 25.7 Å². The molecule has 1 aromatic heterocycles. The highest BCUT2D eigenvalue weighted by Crippen LogP contribution is 2.32. The van der Waals surface area contributed by atoms with E-state index in [2.05, 4.69) is 31.1 Å². The van der Waals surface area contributed by atoms with Gasteiger partial charge in [0.25, 0.3) is 5.91 Å². The van der Waals surface area contributed by atoms with Crippen molar-refractivity contribution in [2.24, 2.45) is 18.7 Å². The molecule has 2 atom stereocenters. The number of rotatable bonds is 4. The fourth-order valence-corrected chi connectivity index (χ4v) is 3.64. The van der Waals surface area contributed by atoms with Crippen molar-refractivity contribution in [1.82, 2.24) is 14.7 Å². The van der Waals surface area contributed by atoms with Crippen LogP contribution in [-0.4, -0.2) is 40.2 Å². The zero-order valence-corrected chi connectivity index (χ0v) is 15.9. The molecule has 1 aliphatic heterocycles. The number of carbonyl (C=O) groups is 1. The lowest BCUT2D eigenvalue weighted by Gasteiger charge is -2.16. The first kappa shape index (κ1) is 19.5. The van der Waals surface area contributed by atoms with E-state index in [1.165, 1.54) is 5.56 Å². The van der Waals surface area contributed by atoms with Gasteiger partial charge in [0.15, 0.2) is 5.69 Å². The molecule has 0 radical (unpaired) electrons. The smallest absolute Gasteiger partial charge is 0.274 e. The Kier molecular flexibility index (Phi) is 6.25. The Labute approximate surface area is 155 Å². The predicted molar refractivity (Wildman–Crippen MR) is 102 cm³/mol. The molecule has 0 bridgehead atoms. The van der Waals surface area contributed by atoms with Crippen molar-refractivity contribution < 1.29 is 4.79 Å². The number of aryl methyl sites for hydroxylation is 1. The molecule has 6 heteroatoms.